The molecule has 0 radical (unpaired) electrons. The van der Waals surface area contributed by atoms with Crippen LogP contribution in [0.5, 0.6) is 0 Å². The van der Waals surface area contributed by atoms with Crippen LogP contribution in [0.25, 0.3) is 0 Å². The van der Waals surface area contributed by atoms with E-state index in [2.05, 4.69) is 34.6 Å². The number of hydrogen-bond acceptors (Lipinski definition) is 0. The van der Waals surface area contributed by atoms with Crippen LogP contribution in [-0.4, -0.2) is 0 Å². The number of rotatable bonds is 8. The first-order valence-corrected chi connectivity index (χ1v) is 8.58. The van der Waals surface area contributed by atoms with Gasteiger partial charge in [0.15, 0.2) is 0 Å². The van der Waals surface area contributed by atoms with Gasteiger partial charge in [-0.05, 0) is 60.7 Å². The van der Waals surface area contributed by atoms with Gasteiger partial charge in [-0.25, -0.2) is 0 Å². The molecule has 0 aliphatic heterocycles. The highest BCUT2D eigenvalue weighted by Gasteiger charge is 2.50. The van der Waals surface area contributed by atoms with E-state index in [-0.39, 0.29) is 0 Å². The predicted octanol–water partition coefficient (Wildman–Crippen LogP) is 5.77. The van der Waals surface area contributed by atoms with E-state index in [1.54, 1.807) is 12.8 Å². The van der Waals surface area contributed by atoms with Crippen LogP contribution >= 0.6 is 0 Å². The third kappa shape index (κ3) is 3.31. The summed E-state index contributed by atoms with van der Waals surface area (Å²) < 4.78 is 0. The quantitative estimate of drug-likeness (QED) is 0.513. The lowest BCUT2D eigenvalue weighted by Crippen LogP contribution is -2.09. The molecule has 2 fully saturated rings. The zero-order chi connectivity index (χ0) is 13.3. The summed E-state index contributed by atoms with van der Waals surface area (Å²) in [4.78, 5) is 0. The van der Waals surface area contributed by atoms with Gasteiger partial charge in [0.2, 0.25) is 0 Å². The van der Waals surface area contributed by atoms with Crippen molar-refractivity contribution in [3.8, 4) is 0 Å². The van der Waals surface area contributed by atoms with Crippen molar-refractivity contribution in [2.75, 3.05) is 0 Å². The molecule has 0 amide bonds. The minimum absolute atomic E-state index is 0.938. The average molecular weight is 250 g/mol. The lowest BCUT2D eigenvalue weighted by atomic mass is 9.87. The van der Waals surface area contributed by atoms with Gasteiger partial charge in [-0.3, -0.25) is 0 Å². The SMILES string of the molecule is CCCC(C)C(C)CC1C(C)C1CC1CC1CC. The van der Waals surface area contributed by atoms with Crippen LogP contribution in [0.15, 0.2) is 0 Å². The minimum atomic E-state index is 0.938. The molecule has 2 rings (SSSR count). The van der Waals surface area contributed by atoms with Crippen LogP contribution in [0.2, 0.25) is 0 Å². The van der Waals surface area contributed by atoms with E-state index in [1.807, 2.05) is 0 Å². The molecule has 7 atom stereocenters. The normalized spacial score (nSPS) is 41.5. The summed E-state index contributed by atoms with van der Waals surface area (Å²) in [7, 11) is 0. The first kappa shape index (κ1) is 14.4. The Morgan fingerprint density at radius 1 is 1.00 bits per heavy atom. The molecule has 0 spiro atoms. The fourth-order valence-corrected chi connectivity index (χ4v) is 4.27. The Kier molecular flexibility index (Phi) is 4.78. The smallest absolute Gasteiger partial charge is 0.0352 e. The Morgan fingerprint density at radius 3 is 2.28 bits per heavy atom. The second-order valence-electron chi connectivity index (χ2n) is 7.57. The van der Waals surface area contributed by atoms with Gasteiger partial charge in [-0.1, -0.05) is 53.9 Å². The standard InChI is InChI=1S/C18H34/c1-6-8-12(3)13(4)9-17-14(5)18(17)11-16-10-15(16)7-2/h12-18H,6-11H2,1-5H3. The summed E-state index contributed by atoms with van der Waals surface area (Å²) in [5.74, 6) is 7.33. The van der Waals surface area contributed by atoms with Gasteiger partial charge in [0.25, 0.3) is 0 Å². The van der Waals surface area contributed by atoms with Crippen molar-refractivity contribution in [1.29, 1.82) is 0 Å². The summed E-state index contributed by atoms with van der Waals surface area (Å²) in [6.07, 6.45) is 8.84. The maximum absolute atomic E-state index is 2.51. The Bertz CT molecular complexity index is 257. The fraction of sp³-hybridized carbons (Fsp3) is 1.00. The summed E-state index contributed by atoms with van der Waals surface area (Å²) in [6.45, 7) is 12.2. The van der Waals surface area contributed by atoms with Crippen molar-refractivity contribution >= 4 is 0 Å². The zero-order valence-corrected chi connectivity index (χ0v) is 13.3. The van der Waals surface area contributed by atoms with Crippen molar-refractivity contribution < 1.29 is 0 Å². The summed E-state index contributed by atoms with van der Waals surface area (Å²) in [6, 6.07) is 0. The lowest BCUT2D eigenvalue weighted by molar-refractivity contribution is 0.317. The minimum Gasteiger partial charge on any atom is -0.0654 e. The highest BCUT2D eigenvalue weighted by Crippen LogP contribution is 2.58. The first-order valence-electron chi connectivity index (χ1n) is 8.58. The molecule has 7 unspecified atom stereocenters. The van der Waals surface area contributed by atoms with Crippen LogP contribution in [0.4, 0.5) is 0 Å². The van der Waals surface area contributed by atoms with Crippen LogP contribution < -0.4 is 0 Å². The van der Waals surface area contributed by atoms with Gasteiger partial charge in [0.1, 0.15) is 0 Å². The van der Waals surface area contributed by atoms with Crippen LogP contribution in [0.1, 0.15) is 73.1 Å². The Labute approximate surface area is 115 Å². The van der Waals surface area contributed by atoms with E-state index in [0.717, 1.165) is 41.4 Å². The van der Waals surface area contributed by atoms with Crippen molar-refractivity contribution in [3.63, 3.8) is 0 Å². The second-order valence-corrected chi connectivity index (χ2v) is 7.57. The zero-order valence-electron chi connectivity index (χ0n) is 13.3. The van der Waals surface area contributed by atoms with Gasteiger partial charge in [0, 0.05) is 0 Å². The largest absolute Gasteiger partial charge is 0.0654 e. The predicted molar refractivity (Wildman–Crippen MR) is 80.5 cm³/mol. The summed E-state index contributed by atoms with van der Waals surface area (Å²) >= 11 is 0. The van der Waals surface area contributed by atoms with Gasteiger partial charge >= 0.3 is 0 Å². The highest BCUT2D eigenvalue weighted by molar-refractivity contribution is 4.99. The molecule has 2 aliphatic rings. The molecular weight excluding hydrogens is 216 g/mol. The van der Waals surface area contributed by atoms with E-state index in [0.29, 0.717) is 0 Å². The second kappa shape index (κ2) is 5.97. The van der Waals surface area contributed by atoms with Gasteiger partial charge in [-0.15, -0.1) is 0 Å². The topological polar surface area (TPSA) is 0 Å². The molecule has 0 bridgehead atoms. The molecular formula is C18H34. The van der Waals surface area contributed by atoms with Crippen molar-refractivity contribution in [1.82, 2.24) is 0 Å². The molecule has 18 heavy (non-hydrogen) atoms. The fourth-order valence-electron chi connectivity index (χ4n) is 4.27. The Balaban J connectivity index is 1.68. The third-order valence-electron chi connectivity index (χ3n) is 6.29. The van der Waals surface area contributed by atoms with Crippen molar-refractivity contribution in [3.05, 3.63) is 0 Å². The van der Waals surface area contributed by atoms with E-state index in [9.17, 15) is 0 Å². The third-order valence-corrected chi connectivity index (χ3v) is 6.29. The van der Waals surface area contributed by atoms with Gasteiger partial charge in [-0.2, -0.15) is 0 Å². The molecule has 0 heteroatoms. The molecule has 106 valence electrons. The number of hydrogen-bond donors (Lipinski definition) is 0. The molecule has 2 saturated carbocycles. The molecule has 0 N–H and O–H groups in total. The average Bonchev–Trinajstić information content (AvgIpc) is 3.23. The maximum Gasteiger partial charge on any atom is -0.0352 e. The summed E-state index contributed by atoms with van der Waals surface area (Å²) in [5.41, 5.74) is 0. The van der Waals surface area contributed by atoms with Crippen LogP contribution in [0, 0.1) is 41.4 Å². The van der Waals surface area contributed by atoms with Crippen LogP contribution in [-0.2, 0) is 0 Å². The molecule has 0 aromatic rings. The van der Waals surface area contributed by atoms with Crippen molar-refractivity contribution in [2.24, 2.45) is 41.4 Å². The van der Waals surface area contributed by atoms with Gasteiger partial charge in [0.05, 0.1) is 0 Å². The Morgan fingerprint density at radius 2 is 1.72 bits per heavy atom. The molecule has 0 heterocycles. The van der Waals surface area contributed by atoms with E-state index in [1.165, 1.54) is 25.7 Å². The van der Waals surface area contributed by atoms with Crippen molar-refractivity contribution in [2.45, 2.75) is 73.1 Å². The summed E-state index contributed by atoms with van der Waals surface area (Å²) in [5, 5.41) is 0. The monoisotopic (exact) mass is 250 g/mol. The molecule has 0 aromatic heterocycles. The van der Waals surface area contributed by atoms with Crippen LogP contribution in [0.3, 0.4) is 0 Å². The molecule has 2 aliphatic carbocycles. The highest BCUT2D eigenvalue weighted by atomic mass is 14.6. The van der Waals surface area contributed by atoms with E-state index < -0.39 is 0 Å². The Hall–Kier alpha value is 0. The lowest BCUT2D eigenvalue weighted by Gasteiger charge is -2.19. The first-order chi connectivity index (χ1) is 8.58. The molecule has 0 aromatic carbocycles. The molecule has 0 saturated heterocycles. The molecule has 0 nitrogen and oxygen atoms in total. The van der Waals surface area contributed by atoms with Gasteiger partial charge < -0.3 is 0 Å². The van der Waals surface area contributed by atoms with E-state index in [4.69, 9.17) is 0 Å². The van der Waals surface area contributed by atoms with E-state index >= 15 is 0 Å². The maximum atomic E-state index is 2.51.